The van der Waals surface area contributed by atoms with Crippen molar-refractivity contribution in [3.05, 3.63) is 65.5 Å². The van der Waals surface area contributed by atoms with Crippen LogP contribution >= 0.6 is 0 Å². The van der Waals surface area contributed by atoms with Crippen molar-refractivity contribution >= 4 is 5.91 Å². The van der Waals surface area contributed by atoms with E-state index in [0.29, 0.717) is 11.3 Å². The lowest BCUT2D eigenvalue weighted by atomic mass is 10.1. The number of nitrogens with one attached hydrogen (secondary N) is 1. The highest BCUT2D eigenvalue weighted by Gasteiger charge is 2.20. The zero-order chi connectivity index (χ0) is 16.8. The second kappa shape index (κ2) is 7.41. The first-order valence-electron chi connectivity index (χ1n) is 7.18. The Balaban J connectivity index is 2.01. The summed E-state index contributed by atoms with van der Waals surface area (Å²) in [6.07, 6.45) is -0.756. The van der Waals surface area contributed by atoms with Gasteiger partial charge < -0.3 is 10.1 Å². The molecular weight excluding hydrogens is 295 g/mol. The lowest BCUT2D eigenvalue weighted by Gasteiger charge is -2.17. The fraction of sp³-hybridized carbons (Fsp3) is 0.222. The third kappa shape index (κ3) is 4.55. The van der Waals surface area contributed by atoms with Gasteiger partial charge in [-0.3, -0.25) is 4.79 Å². The molecule has 2 rings (SSSR count). The van der Waals surface area contributed by atoms with Crippen molar-refractivity contribution in [3.63, 3.8) is 0 Å². The van der Waals surface area contributed by atoms with E-state index in [9.17, 15) is 14.4 Å². The first-order valence-corrected chi connectivity index (χ1v) is 7.18. The van der Waals surface area contributed by atoms with Gasteiger partial charge in [0.2, 0.25) is 0 Å². The van der Waals surface area contributed by atoms with Crippen LogP contribution in [0.5, 0.6) is 5.75 Å². The van der Waals surface area contributed by atoms with E-state index in [1.807, 2.05) is 31.2 Å². The number of benzene rings is 2. The minimum Gasteiger partial charge on any atom is -0.481 e. The number of carbonyl (C=O) groups is 1. The van der Waals surface area contributed by atoms with E-state index < -0.39 is 23.9 Å². The quantitative estimate of drug-likeness (QED) is 0.921. The number of nitriles is 1. The first kappa shape index (κ1) is 16.5. The monoisotopic (exact) mass is 312 g/mol. The Labute approximate surface area is 134 Å². The van der Waals surface area contributed by atoms with Crippen molar-refractivity contribution in [1.82, 2.24) is 5.32 Å². The molecule has 0 aliphatic rings. The first-order chi connectivity index (χ1) is 11.0. The molecule has 0 radical (unpaired) electrons. The molecule has 23 heavy (non-hydrogen) atoms. The molecule has 2 atom stereocenters. The van der Waals surface area contributed by atoms with E-state index in [4.69, 9.17) is 4.74 Å². The lowest BCUT2D eigenvalue weighted by Crippen LogP contribution is -2.38. The molecule has 1 N–H and O–H groups in total. The van der Waals surface area contributed by atoms with Crippen molar-refractivity contribution < 1.29 is 13.9 Å². The average molecular weight is 312 g/mol. The van der Waals surface area contributed by atoms with Crippen LogP contribution in [-0.4, -0.2) is 12.0 Å². The minimum absolute atomic E-state index is 0.395. The van der Waals surface area contributed by atoms with E-state index in [2.05, 4.69) is 5.32 Å². The van der Waals surface area contributed by atoms with E-state index in [-0.39, 0.29) is 0 Å². The van der Waals surface area contributed by atoms with Crippen LogP contribution in [0.4, 0.5) is 4.39 Å². The molecule has 0 bridgehead atoms. The number of amides is 1. The van der Waals surface area contributed by atoms with Crippen LogP contribution in [0.1, 0.15) is 24.1 Å². The molecule has 5 heteroatoms. The summed E-state index contributed by atoms with van der Waals surface area (Å²) in [5, 5.41) is 11.8. The van der Waals surface area contributed by atoms with E-state index >= 15 is 0 Å². The van der Waals surface area contributed by atoms with Crippen molar-refractivity contribution in [3.8, 4) is 11.8 Å². The number of rotatable bonds is 5. The molecule has 4 nitrogen and oxygen atoms in total. The van der Waals surface area contributed by atoms with Gasteiger partial charge in [-0.05, 0) is 49.2 Å². The third-order valence-corrected chi connectivity index (χ3v) is 3.29. The van der Waals surface area contributed by atoms with Crippen molar-refractivity contribution in [2.24, 2.45) is 0 Å². The Kier molecular flexibility index (Phi) is 5.32. The highest BCUT2D eigenvalue weighted by Crippen LogP contribution is 2.16. The van der Waals surface area contributed by atoms with Crippen molar-refractivity contribution in [2.45, 2.75) is 26.0 Å². The third-order valence-electron chi connectivity index (χ3n) is 3.29. The maximum atomic E-state index is 12.9. The number of carbonyl (C=O) groups excluding carboxylic acids is 1. The largest absolute Gasteiger partial charge is 0.481 e. The summed E-state index contributed by atoms with van der Waals surface area (Å²) in [5.74, 6) is -0.224. The summed E-state index contributed by atoms with van der Waals surface area (Å²) >= 11 is 0. The van der Waals surface area contributed by atoms with Gasteiger partial charge in [-0.15, -0.1) is 0 Å². The molecule has 0 unspecified atom stereocenters. The van der Waals surface area contributed by atoms with Crippen LogP contribution in [0.25, 0.3) is 0 Å². The lowest BCUT2D eigenvalue weighted by molar-refractivity contribution is -0.127. The molecule has 118 valence electrons. The predicted molar refractivity (Wildman–Crippen MR) is 84.2 cm³/mol. The number of nitrogens with zero attached hydrogens (tertiary/aromatic N) is 1. The molecule has 0 saturated heterocycles. The normalized spacial score (nSPS) is 12.8. The van der Waals surface area contributed by atoms with Gasteiger partial charge in [0.15, 0.2) is 6.10 Å². The van der Waals surface area contributed by atoms with Crippen molar-refractivity contribution in [1.29, 1.82) is 5.26 Å². The maximum absolute atomic E-state index is 12.9. The summed E-state index contributed by atoms with van der Waals surface area (Å²) in [4.78, 5) is 12.2. The highest BCUT2D eigenvalue weighted by molar-refractivity contribution is 5.81. The van der Waals surface area contributed by atoms with Gasteiger partial charge >= 0.3 is 0 Å². The summed E-state index contributed by atoms with van der Waals surface area (Å²) in [6.45, 7) is 3.54. The molecule has 2 aromatic rings. The Bertz CT molecular complexity index is 723. The molecule has 0 aromatic heterocycles. The van der Waals surface area contributed by atoms with Gasteiger partial charge in [0.25, 0.3) is 5.91 Å². The SMILES string of the molecule is Cc1cccc(O[C@@H](C)C(=O)N[C@H](C#N)c2ccc(F)cc2)c1. The maximum Gasteiger partial charge on any atom is 0.262 e. The number of hydrogen-bond acceptors (Lipinski definition) is 3. The van der Waals surface area contributed by atoms with Crippen LogP contribution in [0.2, 0.25) is 0 Å². The summed E-state index contributed by atoms with van der Waals surface area (Å²) in [6, 6.07) is 13.9. The van der Waals surface area contributed by atoms with Gasteiger partial charge in [-0.2, -0.15) is 5.26 Å². The van der Waals surface area contributed by atoms with Crippen LogP contribution < -0.4 is 10.1 Å². The van der Waals surface area contributed by atoms with Crippen molar-refractivity contribution in [2.75, 3.05) is 0 Å². The predicted octanol–water partition coefficient (Wildman–Crippen LogP) is 3.28. The molecule has 0 saturated carbocycles. The zero-order valence-corrected chi connectivity index (χ0v) is 12.9. The number of halogens is 1. The fourth-order valence-electron chi connectivity index (χ4n) is 2.05. The molecule has 0 spiro atoms. The Morgan fingerprint density at radius 1 is 1.26 bits per heavy atom. The molecule has 0 aliphatic heterocycles. The van der Waals surface area contributed by atoms with Crippen LogP contribution in [0.3, 0.4) is 0 Å². The number of hydrogen-bond donors (Lipinski definition) is 1. The van der Waals surface area contributed by atoms with Gasteiger partial charge in [-0.1, -0.05) is 24.3 Å². The number of aryl methyl sites for hydroxylation is 1. The Morgan fingerprint density at radius 3 is 2.57 bits per heavy atom. The molecule has 0 aliphatic carbocycles. The average Bonchev–Trinajstić information content (AvgIpc) is 2.53. The summed E-state index contributed by atoms with van der Waals surface area (Å²) in [5.41, 5.74) is 1.54. The topological polar surface area (TPSA) is 62.1 Å². The molecule has 0 heterocycles. The summed E-state index contributed by atoms with van der Waals surface area (Å²) in [7, 11) is 0. The van der Waals surface area contributed by atoms with Crippen LogP contribution in [0, 0.1) is 24.1 Å². The second-order valence-corrected chi connectivity index (χ2v) is 5.20. The second-order valence-electron chi connectivity index (χ2n) is 5.20. The molecule has 0 fully saturated rings. The van der Waals surface area contributed by atoms with E-state index in [1.54, 1.807) is 13.0 Å². The Hall–Kier alpha value is -2.87. The van der Waals surface area contributed by atoms with Crippen LogP contribution in [-0.2, 0) is 4.79 Å². The van der Waals surface area contributed by atoms with E-state index in [0.717, 1.165) is 5.56 Å². The van der Waals surface area contributed by atoms with Gasteiger partial charge in [-0.25, -0.2) is 4.39 Å². The van der Waals surface area contributed by atoms with Crippen LogP contribution in [0.15, 0.2) is 48.5 Å². The van der Waals surface area contributed by atoms with Gasteiger partial charge in [0, 0.05) is 0 Å². The zero-order valence-electron chi connectivity index (χ0n) is 12.9. The molecular formula is C18H17FN2O2. The fourth-order valence-corrected chi connectivity index (χ4v) is 2.05. The summed E-state index contributed by atoms with van der Waals surface area (Å²) < 4.78 is 18.5. The highest BCUT2D eigenvalue weighted by atomic mass is 19.1. The molecule has 2 aromatic carbocycles. The standard InChI is InChI=1S/C18H17FN2O2/c1-12-4-3-5-16(10-12)23-13(2)18(22)21-17(11-20)14-6-8-15(19)9-7-14/h3-10,13,17H,1-2H3,(H,21,22)/t13-,17+/m0/s1. The van der Waals surface area contributed by atoms with Gasteiger partial charge in [0.1, 0.15) is 17.6 Å². The number of ether oxygens (including phenoxy) is 1. The van der Waals surface area contributed by atoms with E-state index in [1.165, 1.54) is 24.3 Å². The Morgan fingerprint density at radius 2 is 1.96 bits per heavy atom. The molecule has 1 amide bonds. The smallest absolute Gasteiger partial charge is 0.262 e. The van der Waals surface area contributed by atoms with Gasteiger partial charge in [0.05, 0.1) is 6.07 Å². The minimum atomic E-state index is -0.855.